The number of nitrogens with one attached hydrogen (secondary N) is 2. The molecule has 4 aromatic rings. The Kier molecular flexibility index (Phi) is 7.06. The molecule has 0 aliphatic carbocycles. The van der Waals surface area contributed by atoms with E-state index < -0.39 is 12.9 Å². The smallest absolute Gasteiger partial charge is 0.248 e. The number of carbonyl (C=O) groups excluding carboxylic acids is 1. The van der Waals surface area contributed by atoms with Crippen molar-refractivity contribution in [2.45, 2.75) is 25.5 Å². The fourth-order valence-corrected chi connectivity index (χ4v) is 4.68. The zero-order valence-electron chi connectivity index (χ0n) is 24.2. The van der Waals surface area contributed by atoms with Crippen molar-refractivity contribution < 1.29 is 18.4 Å². The van der Waals surface area contributed by atoms with E-state index in [1.165, 1.54) is 12.4 Å². The largest absolute Gasteiger partial charge is 0.494 e. The monoisotopic (exact) mass is 547 g/mol. The summed E-state index contributed by atoms with van der Waals surface area (Å²) in [6, 6.07) is 14.0. The second-order valence-electron chi connectivity index (χ2n) is 9.08. The molecule has 1 aliphatic rings. The third-order valence-corrected chi connectivity index (χ3v) is 6.75. The Labute approximate surface area is 236 Å². The number of hydrogen-bond donors (Lipinski definition) is 2. The van der Waals surface area contributed by atoms with Crippen LogP contribution in [0.5, 0.6) is 11.5 Å². The number of anilines is 3. The Morgan fingerprint density at radius 2 is 2.15 bits per heavy atom. The Bertz CT molecular complexity index is 1600. The van der Waals surface area contributed by atoms with Crippen molar-refractivity contribution in [3.63, 3.8) is 0 Å². The molecule has 39 heavy (non-hydrogen) atoms. The quantitative estimate of drug-likeness (QED) is 0.261. The summed E-state index contributed by atoms with van der Waals surface area (Å²) in [6.07, 6.45) is 8.36. The lowest BCUT2D eigenvalue weighted by atomic mass is 10.1. The van der Waals surface area contributed by atoms with E-state index in [0.717, 1.165) is 25.1 Å². The van der Waals surface area contributed by atoms with Crippen LogP contribution in [0.4, 0.5) is 17.2 Å². The molecule has 3 heterocycles. The van der Waals surface area contributed by atoms with Gasteiger partial charge in [-0.05, 0) is 68.9 Å². The fraction of sp³-hybridized carbons (Fsp3) is 0.241. The normalized spacial score (nSPS) is 17.0. The lowest BCUT2D eigenvalue weighted by Gasteiger charge is -2.16. The van der Waals surface area contributed by atoms with E-state index in [0.29, 0.717) is 22.0 Å². The second-order valence-corrected chi connectivity index (χ2v) is 9.49. The summed E-state index contributed by atoms with van der Waals surface area (Å²) in [4.78, 5) is 27.9. The molecule has 0 spiro atoms. The fourth-order valence-electron chi connectivity index (χ4n) is 4.44. The van der Waals surface area contributed by atoms with Gasteiger partial charge >= 0.3 is 0 Å². The van der Waals surface area contributed by atoms with Crippen LogP contribution in [0.2, 0.25) is 5.02 Å². The van der Waals surface area contributed by atoms with Gasteiger partial charge in [-0.3, -0.25) is 14.7 Å². The standard InChI is InChI=1S/C29H29ClN6O3/c1-36-15-5-7-21(36)9-13-26(37)35-24-11-10-23-27(28(24)38-2)29(33-18-32-23)34-19-8-12-25(22(30)16-19)39-17-20-6-3-4-14-31-20/h3-4,6,8-14,16,18,21H,5,7,15,17H2,1-2H3,(H,35,37)(H,32,33,34)/b13-9+/t21-/m1/s1/i2D3. The number of benzene rings is 2. The molecule has 0 unspecified atom stereocenters. The summed E-state index contributed by atoms with van der Waals surface area (Å²) in [7, 11) is -0.796. The Morgan fingerprint density at radius 3 is 2.92 bits per heavy atom. The van der Waals surface area contributed by atoms with Crippen molar-refractivity contribution in [1.29, 1.82) is 0 Å². The number of carbonyl (C=O) groups is 1. The Morgan fingerprint density at radius 1 is 1.23 bits per heavy atom. The number of likely N-dealkylation sites (N-methyl/N-ethyl adjacent to an activating group) is 1. The molecule has 200 valence electrons. The maximum absolute atomic E-state index is 12.8. The van der Waals surface area contributed by atoms with E-state index in [4.69, 9.17) is 25.2 Å². The molecule has 9 nitrogen and oxygen atoms in total. The number of rotatable bonds is 9. The van der Waals surface area contributed by atoms with Gasteiger partial charge in [0.15, 0.2) is 5.75 Å². The van der Waals surface area contributed by atoms with Crippen molar-refractivity contribution >= 4 is 45.6 Å². The average molecular weight is 548 g/mol. The lowest BCUT2D eigenvalue weighted by Crippen LogP contribution is -2.23. The predicted octanol–water partition coefficient (Wildman–Crippen LogP) is 5.60. The van der Waals surface area contributed by atoms with Gasteiger partial charge in [-0.1, -0.05) is 23.7 Å². The van der Waals surface area contributed by atoms with E-state index in [-0.39, 0.29) is 35.3 Å². The van der Waals surface area contributed by atoms with E-state index in [2.05, 4.69) is 30.5 Å². The topological polar surface area (TPSA) is 102 Å². The van der Waals surface area contributed by atoms with Gasteiger partial charge in [0.25, 0.3) is 0 Å². The van der Waals surface area contributed by atoms with Gasteiger partial charge in [0, 0.05) is 24.0 Å². The van der Waals surface area contributed by atoms with Crippen molar-refractivity contribution in [2.75, 3.05) is 31.3 Å². The average Bonchev–Trinajstić information content (AvgIpc) is 3.37. The van der Waals surface area contributed by atoms with Crippen molar-refractivity contribution in [3.8, 4) is 11.5 Å². The van der Waals surface area contributed by atoms with Gasteiger partial charge in [-0.15, -0.1) is 0 Å². The molecule has 1 atom stereocenters. The minimum absolute atomic E-state index is 0.0863. The highest BCUT2D eigenvalue weighted by Gasteiger charge is 2.19. The summed E-state index contributed by atoms with van der Waals surface area (Å²) in [6.45, 7) is 1.22. The summed E-state index contributed by atoms with van der Waals surface area (Å²) in [5.74, 6) is 0.228. The van der Waals surface area contributed by atoms with Crippen molar-refractivity contribution in [3.05, 3.63) is 83.9 Å². The van der Waals surface area contributed by atoms with Crippen LogP contribution in [-0.4, -0.2) is 52.4 Å². The Balaban J connectivity index is 1.42. The van der Waals surface area contributed by atoms with E-state index >= 15 is 0 Å². The molecule has 1 amide bonds. The molecule has 1 fully saturated rings. The van der Waals surface area contributed by atoms with Crippen LogP contribution < -0.4 is 20.1 Å². The van der Waals surface area contributed by atoms with Crippen molar-refractivity contribution in [2.24, 2.45) is 0 Å². The first-order valence-electron chi connectivity index (χ1n) is 13.9. The first kappa shape index (κ1) is 22.7. The molecule has 10 heteroatoms. The molecular weight excluding hydrogens is 516 g/mol. The highest BCUT2D eigenvalue weighted by Crippen LogP contribution is 2.38. The van der Waals surface area contributed by atoms with Crippen LogP contribution in [0.3, 0.4) is 0 Å². The zero-order chi connectivity index (χ0) is 29.7. The summed E-state index contributed by atoms with van der Waals surface area (Å²) in [5, 5.41) is 6.54. The number of hydrogen-bond acceptors (Lipinski definition) is 8. The number of aromatic nitrogens is 3. The highest BCUT2D eigenvalue weighted by molar-refractivity contribution is 6.32. The molecule has 1 aliphatic heterocycles. The van der Waals surface area contributed by atoms with Crippen LogP contribution in [0.1, 0.15) is 22.6 Å². The molecular formula is C29H29ClN6O3. The van der Waals surface area contributed by atoms with Crippen LogP contribution in [0.15, 0.2) is 73.2 Å². The van der Waals surface area contributed by atoms with Crippen LogP contribution in [0, 0.1) is 0 Å². The summed E-state index contributed by atoms with van der Waals surface area (Å²) < 4.78 is 34.5. The van der Waals surface area contributed by atoms with Gasteiger partial charge < -0.3 is 20.1 Å². The number of halogens is 1. The number of amides is 1. The number of ether oxygens (including phenoxy) is 2. The molecule has 0 radical (unpaired) electrons. The van der Waals surface area contributed by atoms with Crippen LogP contribution in [-0.2, 0) is 11.4 Å². The number of pyridine rings is 1. The summed E-state index contributed by atoms with van der Waals surface area (Å²) in [5.41, 5.74) is 1.90. The molecule has 0 bridgehead atoms. The number of likely N-dealkylation sites (tertiary alicyclic amines) is 1. The van der Waals surface area contributed by atoms with Crippen LogP contribution >= 0.6 is 11.6 Å². The predicted molar refractivity (Wildman–Crippen MR) is 153 cm³/mol. The maximum Gasteiger partial charge on any atom is 0.248 e. The molecule has 5 rings (SSSR count). The SMILES string of the molecule is [2H]C([2H])([2H])Oc1c(NC(=O)/C=C/[C@H]2CCCN2C)ccc2ncnc(Nc3ccc(OCc4ccccn4)c(Cl)c3)c12. The molecule has 2 aromatic carbocycles. The third-order valence-electron chi connectivity index (χ3n) is 6.46. The minimum Gasteiger partial charge on any atom is -0.494 e. The van der Waals surface area contributed by atoms with Crippen LogP contribution in [0.25, 0.3) is 10.9 Å². The van der Waals surface area contributed by atoms with Gasteiger partial charge in [0.05, 0.1) is 38.5 Å². The first-order chi connectivity index (χ1) is 20.2. The zero-order valence-corrected chi connectivity index (χ0v) is 22.0. The van der Waals surface area contributed by atoms with Gasteiger partial charge in [0.2, 0.25) is 5.91 Å². The van der Waals surface area contributed by atoms with Gasteiger partial charge in [0.1, 0.15) is 24.5 Å². The van der Waals surface area contributed by atoms with Gasteiger partial charge in [-0.2, -0.15) is 0 Å². The van der Waals surface area contributed by atoms with E-state index in [1.807, 2.05) is 31.3 Å². The molecule has 2 N–H and O–H groups in total. The minimum atomic E-state index is -2.81. The first-order valence-corrected chi connectivity index (χ1v) is 12.8. The van der Waals surface area contributed by atoms with E-state index in [1.54, 1.807) is 36.5 Å². The van der Waals surface area contributed by atoms with E-state index in [9.17, 15) is 4.79 Å². The lowest BCUT2D eigenvalue weighted by molar-refractivity contribution is -0.111. The van der Waals surface area contributed by atoms with Gasteiger partial charge in [-0.25, -0.2) is 9.97 Å². The molecule has 1 saturated heterocycles. The molecule has 0 saturated carbocycles. The maximum atomic E-state index is 12.8. The highest BCUT2D eigenvalue weighted by atomic mass is 35.5. The number of methoxy groups -OCH3 is 1. The number of nitrogens with zero attached hydrogens (tertiary/aromatic N) is 4. The number of fused-ring (bicyclic) bond motifs is 1. The van der Waals surface area contributed by atoms with Crippen molar-refractivity contribution in [1.82, 2.24) is 19.9 Å². The second kappa shape index (κ2) is 12.1. The summed E-state index contributed by atoms with van der Waals surface area (Å²) >= 11 is 6.49. The third kappa shape index (κ3) is 6.27. The Hall–Kier alpha value is -4.21. The molecule has 2 aromatic heterocycles.